The molecule has 102 valence electrons. The zero-order chi connectivity index (χ0) is 13.4. The molecular formula is C11H28N2O2Si2. The summed E-state index contributed by atoms with van der Waals surface area (Å²) >= 11 is 0. The lowest BCUT2D eigenvalue weighted by Crippen LogP contribution is -2.47. The van der Waals surface area contributed by atoms with Crippen LogP contribution >= 0.6 is 0 Å². The Morgan fingerprint density at radius 2 is 1.94 bits per heavy atom. The van der Waals surface area contributed by atoms with Crippen LogP contribution < -0.4 is 11.1 Å². The third kappa shape index (κ3) is 7.85. The van der Waals surface area contributed by atoms with E-state index >= 15 is 0 Å². The van der Waals surface area contributed by atoms with Gasteiger partial charge in [0.25, 0.3) is 0 Å². The van der Waals surface area contributed by atoms with Crippen LogP contribution in [0.15, 0.2) is 12.3 Å². The van der Waals surface area contributed by atoms with Gasteiger partial charge < -0.3 is 19.6 Å². The topological polar surface area (TPSA) is 56.5 Å². The summed E-state index contributed by atoms with van der Waals surface area (Å²) in [6.07, 6.45) is 1.13. The monoisotopic (exact) mass is 276 g/mol. The summed E-state index contributed by atoms with van der Waals surface area (Å²) in [5.41, 5.74) is 7.27. The number of rotatable bonds is 10. The molecule has 0 aromatic rings. The molecule has 6 heteroatoms. The van der Waals surface area contributed by atoms with E-state index in [1.807, 2.05) is 12.2 Å². The van der Waals surface area contributed by atoms with Gasteiger partial charge in [0.05, 0.1) is 0 Å². The summed E-state index contributed by atoms with van der Waals surface area (Å²) in [5.74, 6) is 0. The van der Waals surface area contributed by atoms with Gasteiger partial charge in [0.2, 0.25) is 0 Å². The number of nitrogens with two attached hydrogens (primary N) is 1. The predicted octanol–water partition coefficient (Wildman–Crippen LogP) is 1.59. The zero-order valence-corrected chi connectivity index (χ0v) is 13.7. The molecule has 0 bridgehead atoms. The second-order valence-corrected chi connectivity index (χ2v) is 12.6. The molecule has 17 heavy (non-hydrogen) atoms. The van der Waals surface area contributed by atoms with Crippen LogP contribution in [0.4, 0.5) is 0 Å². The van der Waals surface area contributed by atoms with E-state index < -0.39 is 16.9 Å². The highest BCUT2D eigenvalue weighted by Crippen LogP contribution is 2.20. The average Bonchev–Trinajstić information content (AvgIpc) is 2.28. The molecule has 0 aliphatic rings. The van der Waals surface area contributed by atoms with E-state index in [9.17, 15) is 0 Å². The van der Waals surface area contributed by atoms with E-state index in [0.29, 0.717) is 6.54 Å². The van der Waals surface area contributed by atoms with Crippen molar-refractivity contribution in [3.63, 3.8) is 0 Å². The Morgan fingerprint density at radius 1 is 1.29 bits per heavy atom. The maximum absolute atomic E-state index is 6.22. The first-order valence-electron chi connectivity index (χ1n) is 6.19. The molecule has 3 N–H and O–H groups in total. The fraction of sp³-hybridized carbons (Fsp3) is 0.818. The second-order valence-electron chi connectivity index (χ2n) is 4.93. The predicted molar refractivity (Wildman–Crippen MR) is 78.7 cm³/mol. The van der Waals surface area contributed by atoms with E-state index in [1.54, 1.807) is 7.11 Å². The summed E-state index contributed by atoms with van der Waals surface area (Å²) in [4.78, 5) is 0. The lowest BCUT2D eigenvalue weighted by atomic mass is 10.5. The molecule has 1 atom stereocenters. The average molecular weight is 277 g/mol. The summed E-state index contributed by atoms with van der Waals surface area (Å²) in [7, 11) is -2.06. The Balaban J connectivity index is 3.98. The van der Waals surface area contributed by atoms with Crippen molar-refractivity contribution in [1.82, 2.24) is 5.32 Å². The Labute approximate surface area is 108 Å². The van der Waals surface area contributed by atoms with Gasteiger partial charge in [-0.3, -0.25) is 0 Å². The van der Waals surface area contributed by atoms with Crippen LogP contribution in [0.1, 0.15) is 6.42 Å². The van der Waals surface area contributed by atoms with Crippen molar-refractivity contribution in [3.8, 4) is 0 Å². The highest BCUT2D eigenvalue weighted by atomic mass is 28.4. The van der Waals surface area contributed by atoms with Gasteiger partial charge in [-0.2, -0.15) is 0 Å². The summed E-state index contributed by atoms with van der Waals surface area (Å²) < 4.78 is 11.7. The third-order valence-corrected chi connectivity index (χ3v) is 9.65. The first-order chi connectivity index (χ1) is 7.89. The largest absolute Gasteiger partial charge is 0.433 e. The molecule has 1 unspecified atom stereocenters. The first-order valence-corrected chi connectivity index (χ1v) is 11.7. The molecule has 0 radical (unpaired) electrons. The van der Waals surface area contributed by atoms with E-state index in [1.165, 1.54) is 0 Å². The number of nitrogens with one attached hydrogen (secondary N) is 1. The van der Waals surface area contributed by atoms with E-state index in [-0.39, 0.29) is 0 Å². The molecule has 0 spiro atoms. The number of hydrogen-bond acceptors (Lipinski definition) is 4. The molecule has 0 rings (SSSR count). The smallest absolute Gasteiger partial charge is 0.350 e. The van der Waals surface area contributed by atoms with Gasteiger partial charge in [0.15, 0.2) is 8.32 Å². The van der Waals surface area contributed by atoms with Gasteiger partial charge in [0.1, 0.15) is 0 Å². The minimum atomic E-state index is -2.12. The van der Waals surface area contributed by atoms with Crippen molar-refractivity contribution in [2.24, 2.45) is 5.73 Å². The molecule has 0 aliphatic heterocycles. The Kier molecular flexibility index (Phi) is 8.18. The van der Waals surface area contributed by atoms with Gasteiger partial charge >= 0.3 is 8.56 Å². The molecule has 4 nitrogen and oxygen atoms in total. The minimum Gasteiger partial charge on any atom is -0.433 e. The molecule has 0 heterocycles. The lowest BCUT2D eigenvalue weighted by molar-refractivity contribution is 0.316. The van der Waals surface area contributed by atoms with E-state index in [0.717, 1.165) is 25.6 Å². The van der Waals surface area contributed by atoms with E-state index in [4.69, 9.17) is 14.3 Å². The highest BCUT2D eigenvalue weighted by Gasteiger charge is 2.35. The SMILES string of the molecule is C=C[Si](C)(OC)O[Si](C)(C)CCCNCCN. The maximum atomic E-state index is 6.22. The molecule has 0 fully saturated rings. The Bertz CT molecular complexity index is 228. The van der Waals surface area contributed by atoms with Crippen molar-refractivity contribution in [2.45, 2.75) is 32.1 Å². The molecule has 0 saturated carbocycles. The zero-order valence-electron chi connectivity index (χ0n) is 11.7. The van der Waals surface area contributed by atoms with Gasteiger partial charge in [-0.05, 0) is 38.7 Å². The molecular weight excluding hydrogens is 248 g/mol. The molecule has 0 amide bonds. The van der Waals surface area contributed by atoms with Crippen molar-refractivity contribution < 1.29 is 8.54 Å². The van der Waals surface area contributed by atoms with Crippen LogP contribution in [-0.4, -0.2) is 43.6 Å². The quantitative estimate of drug-likeness (QED) is 0.470. The van der Waals surface area contributed by atoms with Crippen molar-refractivity contribution in [3.05, 3.63) is 12.3 Å². The maximum Gasteiger partial charge on any atom is 0.350 e. The molecule has 0 aromatic heterocycles. The van der Waals surface area contributed by atoms with Gasteiger partial charge in [-0.15, -0.1) is 6.58 Å². The van der Waals surface area contributed by atoms with Gasteiger partial charge in [-0.25, -0.2) is 0 Å². The Hall–Kier alpha value is 0.0138. The fourth-order valence-corrected chi connectivity index (χ4v) is 8.29. The summed E-state index contributed by atoms with van der Waals surface area (Å²) in [5, 5.41) is 3.30. The second kappa shape index (κ2) is 8.17. The van der Waals surface area contributed by atoms with Crippen molar-refractivity contribution in [2.75, 3.05) is 26.7 Å². The van der Waals surface area contributed by atoms with Crippen LogP contribution in [-0.2, 0) is 8.54 Å². The molecule has 0 saturated heterocycles. The lowest BCUT2D eigenvalue weighted by Gasteiger charge is -2.32. The van der Waals surface area contributed by atoms with Crippen molar-refractivity contribution in [1.29, 1.82) is 0 Å². The standard InChI is InChI=1S/C11H28N2O2Si2/c1-6-17(5,14-2)15-16(3,4)11-7-9-13-10-8-12/h6,13H,1,7-12H2,2-5H3. The minimum absolute atomic E-state index is 0.697. The third-order valence-electron chi connectivity index (χ3n) is 2.71. The summed E-state index contributed by atoms with van der Waals surface area (Å²) in [6, 6.07) is 1.13. The normalized spacial score (nSPS) is 15.6. The van der Waals surface area contributed by atoms with Gasteiger partial charge in [0, 0.05) is 20.2 Å². The molecule has 0 aromatic carbocycles. The summed E-state index contributed by atoms with van der Waals surface area (Å²) in [6.45, 7) is 12.9. The van der Waals surface area contributed by atoms with Crippen LogP contribution in [0.5, 0.6) is 0 Å². The van der Waals surface area contributed by atoms with Crippen LogP contribution in [0.2, 0.25) is 25.7 Å². The van der Waals surface area contributed by atoms with Crippen molar-refractivity contribution >= 4 is 16.9 Å². The molecule has 0 aliphatic carbocycles. The van der Waals surface area contributed by atoms with Crippen LogP contribution in [0, 0.1) is 0 Å². The van der Waals surface area contributed by atoms with Crippen LogP contribution in [0.25, 0.3) is 0 Å². The van der Waals surface area contributed by atoms with Crippen LogP contribution in [0.3, 0.4) is 0 Å². The highest BCUT2D eigenvalue weighted by molar-refractivity contribution is 6.84. The van der Waals surface area contributed by atoms with E-state index in [2.05, 4.69) is 25.0 Å². The number of hydrogen-bond donors (Lipinski definition) is 2. The van der Waals surface area contributed by atoms with Gasteiger partial charge in [-0.1, -0.05) is 5.70 Å². The first kappa shape index (κ1) is 17.0. The Morgan fingerprint density at radius 3 is 2.41 bits per heavy atom. The fourth-order valence-electron chi connectivity index (χ4n) is 1.63.